The maximum Gasteiger partial charge on any atom is 0.266 e. The van der Waals surface area contributed by atoms with Crippen molar-refractivity contribution >= 4 is 11.9 Å². The molecule has 3 heterocycles. The first kappa shape index (κ1) is 16.4. The number of anilines is 1. The van der Waals surface area contributed by atoms with Gasteiger partial charge in [-0.3, -0.25) is 4.79 Å². The first-order valence-electron chi connectivity index (χ1n) is 8.70. The van der Waals surface area contributed by atoms with Crippen molar-refractivity contribution < 1.29 is 13.7 Å². The SMILES string of the molecule is Cc1occc1C(=O)NC1CCN(c2noc(-c3ccccc3)n2)CC1. The molecular formula is C19H20N4O3. The van der Waals surface area contributed by atoms with Gasteiger partial charge in [-0.05, 0) is 43.1 Å². The van der Waals surface area contributed by atoms with Crippen LogP contribution in [0, 0.1) is 6.92 Å². The molecule has 1 saturated heterocycles. The number of nitrogens with one attached hydrogen (secondary N) is 1. The standard InChI is InChI=1S/C19H20N4O3/c1-13-16(9-12-25-13)17(24)20-15-7-10-23(11-8-15)19-21-18(26-22-19)14-5-3-2-4-6-14/h2-6,9,12,15H,7-8,10-11H2,1H3,(H,20,24). The molecule has 1 fully saturated rings. The highest BCUT2D eigenvalue weighted by atomic mass is 16.5. The molecule has 7 heteroatoms. The van der Waals surface area contributed by atoms with Gasteiger partial charge >= 0.3 is 0 Å². The van der Waals surface area contributed by atoms with Gasteiger partial charge in [-0.2, -0.15) is 4.98 Å². The zero-order chi connectivity index (χ0) is 17.9. The molecule has 7 nitrogen and oxygen atoms in total. The van der Waals surface area contributed by atoms with Crippen LogP contribution in [0.3, 0.4) is 0 Å². The van der Waals surface area contributed by atoms with Crippen LogP contribution in [0.4, 0.5) is 5.95 Å². The van der Waals surface area contributed by atoms with Gasteiger partial charge in [-0.25, -0.2) is 0 Å². The fraction of sp³-hybridized carbons (Fsp3) is 0.316. The molecule has 1 aliphatic heterocycles. The van der Waals surface area contributed by atoms with Crippen LogP contribution in [-0.4, -0.2) is 35.2 Å². The second kappa shape index (κ2) is 7.03. The zero-order valence-corrected chi connectivity index (χ0v) is 14.5. The molecule has 134 valence electrons. The smallest absolute Gasteiger partial charge is 0.266 e. The lowest BCUT2D eigenvalue weighted by molar-refractivity contribution is 0.0929. The van der Waals surface area contributed by atoms with Crippen molar-refractivity contribution in [3.8, 4) is 11.5 Å². The molecule has 4 rings (SSSR count). The average Bonchev–Trinajstić information content (AvgIpc) is 3.32. The minimum absolute atomic E-state index is 0.0828. The Bertz CT molecular complexity index is 879. The van der Waals surface area contributed by atoms with E-state index in [4.69, 9.17) is 8.94 Å². The van der Waals surface area contributed by atoms with Crippen LogP contribution < -0.4 is 10.2 Å². The molecule has 0 aliphatic carbocycles. The summed E-state index contributed by atoms with van der Waals surface area (Å²) < 4.78 is 10.6. The number of nitrogens with zero attached hydrogens (tertiary/aromatic N) is 3. The molecule has 26 heavy (non-hydrogen) atoms. The third kappa shape index (κ3) is 3.33. The first-order chi connectivity index (χ1) is 12.7. The number of carbonyl (C=O) groups excluding carboxylic acids is 1. The Hall–Kier alpha value is -3.09. The summed E-state index contributed by atoms with van der Waals surface area (Å²) in [5.74, 6) is 1.67. The first-order valence-corrected chi connectivity index (χ1v) is 8.70. The van der Waals surface area contributed by atoms with Gasteiger partial charge in [-0.1, -0.05) is 18.2 Å². The predicted molar refractivity (Wildman–Crippen MR) is 95.9 cm³/mol. The van der Waals surface area contributed by atoms with E-state index in [0.717, 1.165) is 31.5 Å². The second-order valence-electron chi connectivity index (χ2n) is 6.39. The highest BCUT2D eigenvalue weighted by Gasteiger charge is 2.25. The number of rotatable bonds is 4. The Labute approximate surface area is 151 Å². The molecule has 1 aliphatic rings. The molecule has 0 unspecified atom stereocenters. The van der Waals surface area contributed by atoms with E-state index < -0.39 is 0 Å². The third-order valence-electron chi connectivity index (χ3n) is 4.65. The van der Waals surface area contributed by atoms with Crippen molar-refractivity contribution in [2.24, 2.45) is 0 Å². The minimum atomic E-state index is -0.0828. The van der Waals surface area contributed by atoms with Crippen LogP contribution in [0.2, 0.25) is 0 Å². The lowest BCUT2D eigenvalue weighted by atomic mass is 10.0. The average molecular weight is 352 g/mol. The quantitative estimate of drug-likeness (QED) is 0.777. The van der Waals surface area contributed by atoms with Crippen LogP contribution in [0.5, 0.6) is 0 Å². The van der Waals surface area contributed by atoms with Crippen molar-refractivity contribution in [1.82, 2.24) is 15.5 Å². The Balaban J connectivity index is 1.35. The molecule has 0 atom stereocenters. The molecule has 3 aromatic rings. The monoisotopic (exact) mass is 352 g/mol. The Kier molecular flexibility index (Phi) is 4.43. The number of piperidine rings is 1. The van der Waals surface area contributed by atoms with E-state index in [1.807, 2.05) is 30.3 Å². The maximum absolute atomic E-state index is 12.3. The summed E-state index contributed by atoms with van der Waals surface area (Å²) >= 11 is 0. The van der Waals surface area contributed by atoms with Crippen molar-refractivity contribution in [2.75, 3.05) is 18.0 Å². The van der Waals surface area contributed by atoms with Gasteiger partial charge in [-0.15, -0.1) is 0 Å². The van der Waals surface area contributed by atoms with Crippen molar-refractivity contribution in [1.29, 1.82) is 0 Å². The molecule has 0 radical (unpaired) electrons. The number of aromatic nitrogens is 2. The number of hydrogen-bond acceptors (Lipinski definition) is 6. The maximum atomic E-state index is 12.3. The third-order valence-corrected chi connectivity index (χ3v) is 4.65. The summed E-state index contributed by atoms with van der Waals surface area (Å²) in [7, 11) is 0. The zero-order valence-electron chi connectivity index (χ0n) is 14.5. The van der Waals surface area contributed by atoms with E-state index in [2.05, 4.69) is 20.4 Å². The second-order valence-corrected chi connectivity index (χ2v) is 6.39. The van der Waals surface area contributed by atoms with Gasteiger partial charge in [0.25, 0.3) is 17.7 Å². The molecule has 1 aromatic carbocycles. The Morgan fingerprint density at radius 2 is 1.96 bits per heavy atom. The molecular weight excluding hydrogens is 332 g/mol. The summed E-state index contributed by atoms with van der Waals surface area (Å²) in [6.45, 7) is 3.32. The fourth-order valence-corrected chi connectivity index (χ4v) is 3.15. The van der Waals surface area contributed by atoms with Crippen LogP contribution in [0.25, 0.3) is 11.5 Å². The normalized spacial score (nSPS) is 15.2. The van der Waals surface area contributed by atoms with Crippen molar-refractivity contribution in [3.05, 3.63) is 54.0 Å². The summed E-state index contributed by atoms with van der Waals surface area (Å²) in [6, 6.07) is 11.5. The van der Waals surface area contributed by atoms with Gasteiger partial charge in [0.15, 0.2) is 0 Å². The van der Waals surface area contributed by atoms with E-state index in [1.54, 1.807) is 13.0 Å². The number of carbonyl (C=O) groups is 1. The lowest BCUT2D eigenvalue weighted by Crippen LogP contribution is -2.45. The van der Waals surface area contributed by atoms with E-state index in [-0.39, 0.29) is 11.9 Å². The van der Waals surface area contributed by atoms with E-state index in [0.29, 0.717) is 23.2 Å². The summed E-state index contributed by atoms with van der Waals surface area (Å²) in [5.41, 5.74) is 1.50. The van der Waals surface area contributed by atoms with Crippen LogP contribution in [0.15, 0.2) is 51.6 Å². The Morgan fingerprint density at radius 3 is 2.65 bits per heavy atom. The highest BCUT2D eigenvalue weighted by molar-refractivity contribution is 5.95. The van der Waals surface area contributed by atoms with Gasteiger partial charge in [0.05, 0.1) is 11.8 Å². The molecule has 0 saturated carbocycles. The predicted octanol–water partition coefficient (Wildman–Crippen LogP) is 3.04. The Morgan fingerprint density at radius 1 is 1.19 bits per heavy atom. The van der Waals surface area contributed by atoms with Gasteiger partial charge in [0, 0.05) is 24.7 Å². The number of furan rings is 1. The number of aryl methyl sites for hydroxylation is 1. The van der Waals surface area contributed by atoms with Gasteiger partial charge < -0.3 is 19.2 Å². The largest absolute Gasteiger partial charge is 0.469 e. The summed E-state index contributed by atoms with van der Waals surface area (Å²) in [5, 5.41) is 7.17. The van der Waals surface area contributed by atoms with Crippen molar-refractivity contribution in [2.45, 2.75) is 25.8 Å². The van der Waals surface area contributed by atoms with E-state index in [9.17, 15) is 4.79 Å². The molecule has 1 N–H and O–H groups in total. The van der Waals surface area contributed by atoms with E-state index >= 15 is 0 Å². The van der Waals surface area contributed by atoms with Crippen LogP contribution in [-0.2, 0) is 0 Å². The van der Waals surface area contributed by atoms with Crippen molar-refractivity contribution in [3.63, 3.8) is 0 Å². The lowest BCUT2D eigenvalue weighted by Gasteiger charge is -2.31. The topological polar surface area (TPSA) is 84.4 Å². The molecule has 2 aromatic heterocycles. The minimum Gasteiger partial charge on any atom is -0.469 e. The fourth-order valence-electron chi connectivity index (χ4n) is 3.15. The van der Waals surface area contributed by atoms with Crippen LogP contribution >= 0.6 is 0 Å². The number of hydrogen-bond donors (Lipinski definition) is 1. The van der Waals surface area contributed by atoms with E-state index in [1.165, 1.54) is 6.26 Å². The van der Waals surface area contributed by atoms with Crippen LogP contribution in [0.1, 0.15) is 29.0 Å². The molecule has 0 spiro atoms. The summed E-state index contributed by atoms with van der Waals surface area (Å²) in [6.07, 6.45) is 3.20. The van der Waals surface area contributed by atoms with Gasteiger partial charge in [0.1, 0.15) is 5.76 Å². The number of amides is 1. The van der Waals surface area contributed by atoms with Gasteiger partial charge in [0.2, 0.25) is 0 Å². The molecule has 1 amide bonds. The highest BCUT2D eigenvalue weighted by Crippen LogP contribution is 2.22. The molecule has 0 bridgehead atoms. The summed E-state index contributed by atoms with van der Waals surface area (Å²) in [4.78, 5) is 18.9. The number of benzene rings is 1.